The number of hydrogen-bond acceptors (Lipinski definition) is 2. The van der Waals surface area contributed by atoms with Crippen LogP contribution in [0, 0.1) is 0 Å². The molecular formula is C14H17ClO2. The van der Waals surface area contributed by atoms with Crippen LogP contribution in [0.4, 0.5) is 0 Å². The molecule has 1 aliphatic rings. The highest BCUT2D eigenvalue weighted by Crippen LogP contribution is 2.26. The first kappa shape index (κ1) is 13.9. The zero-order valence-electron chi connectivity index (χ0n) is 10.7. The van der Waals surface area contributed by atoms with Crippen LogP contribution >= 0.6 is 11.6 Å². The molecule has 2 nitrogen and oxygen atoms in total. The van der Waals surface area contributed by atoms with Crippen LogP contribution in [0.15, 0.2) is 33.9 Å². The molecule has 0 aromatic heterocycles. The van der Waals surface area contributed by atoms with Gasteiger partial charge in [0.2, 0.25) is 0 Å². The van der Waals surface area contributed by atoms with Crippen molar-refractivity contribution in [1.29, 1.82) is 0 Å². The van der Waals surface area contributed by atoms with Crippen LogP contribution in [0.5, 0.6) is 0 Å². The number of hydrogen-bond donors (Lipinski definition) is 0. The van der Waals surface area contributed by atoms with E-state index < -0.39 is 0 Å². The molecule has 0 bridgehead atoms. The molecule has 0 aromatic carbocycles. The Morgan fingerprint density at radius 1 is 1.06 bits per heavy atom. The van der Waals surface area contributed by atoms with E-state index in [2.05, 4.69) is 0 Å². The molecule has 0 N–H and O–H groups in total. The quantitative estimate of drug-likeness (QED) is 0.438. The molecule has 0 unspecified atom stereocenters. The summed E-state index contributed by atoms with van der Waals surface area (Å²) in [6.07, 6.45) is 2.39. The van der Waals surface area contributed by atoms with E-state index in [-0.39, 0.29) is 11.6 Å². The van der Waals surface area contributed by atoms with Crippen molar-refractivity contribution in [3.63, 3.8) is 0 Å². The van der Waals surface area contributed by atoms with Crippen molar-refractivity contribution >= 4 is 23.2 Å². The highest BCUT2D eigenvalue weighted by molar-refractivity contribution is 6.24. The van der Waals surface area contributed by atoms with Crippen molar-refractivity contribution in [1.82, 2.24) is 0 Å². The molecule has 3 heteroatoms. The Hall–Kier alpha value is -1.15. The van der Waals surface area contributed by atoms with E-state index in [1.165, 1.54) is 0 Å². The fraction of sp³-hybridized carbons (Fsp3) is 0.429. The van der Waals surface area contributed by atoms with Gasteiger partial charge in [0.15, 0.2) is 11.6 Å². The van der Waals surface area contributed by atoms with Gasteiger partial charge in [0.25, 0.3) is 0 Å². The second-order valence-corrected chi connectivity index (χ2v) is 4.67. The average molecular weight is 253 g/mol. The number of Topliss-reactive ketones (excluding diaryl/α,β-unsaturated/α-hetero) is 2. The first-order valence-corrected chi connectivity index (χ1v) is 6.11. The summed E-state index contributed by atoms with van der Waals surface area (Å²) >= 11 is 5.68. The van der Waals surface area contributed by atoms with Gasteiger partial charge < -0.3 is 0 Å². The number of ketones is 2. The summed E-state index contributed by atoms with van der Waals surface area (Å²) in [6, 6.07) is 0. The van der Waals surface area contributed by atoms with Crippen LogP contribution < -0.4 is 0 Å². The molecule has 0 saturated carbocycles. The molecule has 0 saturated heterocycles. The van der Waals surface area contributed by atoms with Crippen molar-refractivity contribution in [2.45, 2.75) is 34.1 Å². The lowest BCUT2D eigenvalue weighted by Gasteiger charge is -2.17. The summed E-state index contributed by atoms with van der Waals surface area (Å²) in [5.41, 5.74) is 3.30. The minimum Gasteiger partial charge on any atom is -0.289 e. The van der Waals surface area contributed by atoms with E-state index in [4.69, 9.17) is 11.6 Å². The first-order chi connectivity index (χ1) is 7.90. The zero-order valence-corrected chi connectivity index (χ0v) is 11.4. The molecule has 1 rings (SSSR count). The largest absolute Gasteiger partial charge is 0.289 e. The fourth-order valence-electron chi connectivity index (χ4n) is 1.73. The van der Waals surface area contributed by atoms with E-state index in [1.807, 2.05) is 13.0 Å². The first-order valence-electron chi connectivity index (χ1n) is 5.58. The highest BCUT2D eigenvalue weighted by atomic mass is 35.5. The Bertz CT molecular complexity index is 465. The molecule has 0 aromatic rings. The van der Waals surface area contributed by atoms with Gasteiger partial charge in [-0.05, 0) is 34.1 Å². The van der Waals surface area contributed by atoms with Crippen LogP contribution in [-0.2, 0) is 9.59 Å². The van der Waals surface area contributed by atoms with Crippen LogP contribution in [0.2, 0.25) is 0 Å². The van der Waals surface area contributed by atoms with Gasteiger partial charge in [0, 0.05) is 28.2 Å². The van der Waals surface area contributed by atoms with E-state index in [1.54, 1.807) is 20.8 Å². The smallest absolute Gasteiger partial charge is 0.185 e. The molecule has 0 heterocycles. The van der Waals surface area contributed by atoms with Crippen molar-refractivity contribution in [3.05, 3.63) is 33.9 Å². The molecule has 0 aliphatic heterocycles. The van der Waals surface area contributed by atoms with Gasteiger partial charge in [0.1, 0.15) is 0 Å². The third-order valence-electron chi connectivity index (χ3n) is 3.18. The van der Waals surface area contributed by atoms with Gasteiger partial charge in [-0.2, -0.15) is 0 Å². The minimum absolute atomic E-state index is 0.0155. The third kappa shape index (κ3) is 2.75. The van der Waals surface area contributed by atoms with Gasteiger partial charge in [0.05, 0.1) is 0 Å². The number of alkyl halides is 1. The molecule has 0 spiro atoms. The topological polar surface area (TPSA) is 34.1 Å². The summed E-state index contributed by atoms with van der Waals surface area (Å²) < 4.78 is 0. The molecule has 0 fully saturated rings. The molecule has 0 amide bonds. The Labute approximate surface area is 107 Å². The molecule has 92 valence electrons. The maximum absolute atomic E-state index is 12.1. The Morgan fingerprint density at radius 2 is 1.59 bits per heavy atom. The summed E-state index contributed by atoms with van der Waals surface area (Å²) in [4.78, 5) is 24.0. The standard InChI is InChI=1S/C14H17ClO2/c1-8(7-15)5-6-12-11(4)13(16)9(2)10(3)14(12)17/h5H,6-7H2,1-4H3/b8-5+. The van der Waals surface area contributed by atoms with E-state index >= 15 is 0 Å². The second-order valence-electron chi connectivity index (χ2n) is 4.40. The van der Waals surface area contributed by atoms with Crippen molar-refractivity contribution < 1.29 is 9.59 Å². The van der Waals surface area contributed by atoms with E-state index in [9.17, 15) is 9.59 Å². The second kappa shape index (κ2) is 5.46. The summed E-state index contributed by atoms with van der Waals surface area (Å²) in [7, 11) is 0. The van der Waals surface area contributed by atoms with E-state index in [0.29, 0.717) is 34.6 Å². The van der Waals surface area contributed by atoms with Crippen molar-refractivity contribution in [2.75, 3.05) is 5.88 Å². The highest BCUT2D eigenvalue weighted by Gasteiger charge is 2.26. The molecule has 1 aliphatic carbocycles. The maximum Gasteiger partial charge on any atom is 0.185 e. The van der Waals surface area contributed by atoms with Gasteiger partial charge in [-0.1, -0.05) is 11.6 Å². The van der Waals surface area contributed by atoms with E-state index in [0.717, 1.165) is 5.57 Å². The normalized spacial score (nSPS) is 18.3. The predicted octanol–water partition coefficient (Wildman–Crippen LogP) is 3.37. The van der Waals surface area contributed by atoms with Crippen LogP contribution in [0.1, 0.15) is 34.1 Å². The van der Waals surface area contributed by atoms with Crippen LogP contribution in [-0.4, -0.2) is 17.4 Å². The van der Waals surface area contributed by atoms with Crippen LogP contribution in [0.25, 0.3) is 0 Å². The van der Waals surface area contributed by atoms with Crippen molar-refractivity contribution in [2.24, 2.45) is 0 Å². The lowest BCUT2D eigenvalue weighted by atomic mass is 9.84. The monoisotopic (exact) mass is 252 g/mol. The van der Waals surface area contributed by atoms with Gasteiger partial charge in [-0.3, -0.25) is 9.59 Å². The third-order valence-corrected chi connectivity index (χ3v) is 3.60. The maximum atomic E-state index is 12.1. The lowest BCUT2D eigenvalue weighted by Crippen LogP contribution is -2.20. The fourth-order valence-corrected chi connectivity index (χ4v) is 1.84. The molecule has 0 radical (unpaired) electrons. The van der Waals surface area contributed by atoms with Gasteiger partial charge in [-0.25, -0.2) is 0 Å². The Balaban J connectivity index is 3.08. The number of rotatable bonds is 3. The minimum atomic E-state index is -0.0194. The zero-order chi connectivity index (χ0) is 13.2. The lowest BCUT2D eigenvalue weighted by molar-refractivity contribution is -0.116. The molecular weight excluding hydrogens is 236 g/mol. The number of allylic oxidation sites excluding steroid dienone is 6. The van der Waals surface area contributed by atoms with Gasteiger partial charge in [-0.15, -0.1) is 11.6 Å². The number of carbonyl (C=O) groups excluding carboxylic acids is 2. The molecule has 0 atom stereocenters. The Kier molecular flexibility index (Phi) is 4.47. The van der Waals surface area contributed by atoms with Crippen molar-refractivity contribution in [3.8, 4) is 0 Å². The van der Waals surface area contributed by atoms with Crippen LogP contribution in [0.3, 0.4) is 0 Å². The average Bonchev–Trinajstić information content (AvgIpc) is 2.33. The molecule has 17 heavy (non-hydrogen) atoms. The number of carbonyl (C=O) groups is 2. The summed E-state index contributed by atoms with van der Waals surface area (Å²) in [6.45, 7) is 7.04. The SMILES string of the molecule is CC1=C(C)C(=O)C(C/C=C(\C)CCl)=C(C)C1=O. The summed E-state index contributed by atoms with van der Waals surface area (Å²) in [5, 5.41) is 0. The van der Waals surface area contributed by atoms with Gasteiger partial charge >= 0.3 is 0 Å². The Morgan fingerprint density at radius 3 is 2.12 bits per heavy atom. The predicted molar refractivity (Wildman–Crippen MR) is 70.2 cm³/mol. The summed E-state index contributed by atoms with van der Waals surface area (Å²) in [5.74, 6) is 0.412. The number of halogens is 1.